The van der Waals surface area contributed by atoms with E-state index in [0.29, 0.717) is 24.0 Å². The molecule has 24 heavy (non-hydrogen) atoms. The van der Waals surface area contributed by atoms with E-state index >= 15 is 0 Å². The minimum absolute atomic E-state index is 0.0193. The highest BCUT2D eigenvalue weighted by Gasteiger charge is 2.30. The van der Waals surface area contributed by atoms with Gasteiger partial charge in [0.1, 0.15) is 5.76 Å². The summed E-state index contributed by atoms with van der Waals surface area (Å²) in [7, 11) is 0. The summed E-state index contributed by atoms with van der Waals surface area (Å²) in [4.78, 5) is 26.9. The van der Waals surface area contributed by atoms with Crippen molar-refractivity contribution < 1.29 is 14.1 Å². The predicted molar refractivity (Wildman–Crippen MR) is 92.5 cm³/mol. The number of amides is 2. The maximum absolute atomic E-state index is 12.8. The number of nitrogens with zero attached hydrogens (tertiary/aromatic N) is 2. The first-order valence-electron chi connectivity index (χ1n) is 9.05. The van der Waals surface area contributed by atoms with Gasteiger partial charge in [-0.1, -0.05) is 31.8 Å². The summed E-state index contributed by atoms with van der Waals surface area (Å²) in [5.41, 5.74) is 0. The Morgan fingerprint density at radius 2 is 2.17 bits per heavy atom. The number of aromatic nitrogens is 1. The third-order valence-corrected chi connectivity index (χ3v) is 4.47. The van der Waals surface area contributed by atoms with Crippen molar-refractivity contribution >= 4 is 17.6 Å². The summed E-state index contributed by atoms with van der Waals surface area (Å²) in [6, 6.07) is 1.67. The molecule has 1 saturated carbocycles. The molecule has 0 unspecified atom stereocenters. The zero-order valence-corrected chi connectivity index (χ0v) is 15.0. The van der Waals surface area contributed by atoms with Crippen molar-refractivity contribution in [2.45, 2.75) is 59.3 Å². The first-order chi connectivity index (χ1) is 11.5. The monoisotopic (exact) mass is 335 g/mol. The van der Waals surface area contributed by atoms with E-state index in [0.717, 1.165) is 38.5 Å². The van der Waals surface area contributed by atoms with Gasteiger partial charge >= 0.3 is 0 Å². The minimum atomic E-state index is -0.220. The lowest BCUT2D eigenvalue weighted by Crippen LogP contribution is -2.42. The fraction of sp³-hybridized carbons (Fsp3) is 0.722. The van der Waals surface area contributed by atoms with Crippen molar-refractivity contribution in [2.24, 2.45) is 11.8 Å². The second-order valence-corrected chi connectivity index (χ2v) is 6.78. The number of rotatable bonds is 10. The summed E-state index contributed by atoms with van der Waals surface area (Å²) in [6.07, 6.45) is 6.16. The van der Waals surface area contributed by atoms with E-state index in [9.17, 15) is 9.59 Å². The van der Waals surface area contributed by atoms with Crippen LogP contribution in [0.5, 0.6) is 0 Å². The van der Waals surface area contributed by atoms with Gasteiger partial charge < -0.3 is 14.7 Å². The number of anilines is 1. The van der Waals surface area contributed by atoms with Crippen molar-refractivity contribution in [1.29, 1.82) is 0 Å². The predicted octanol–water partition coefficient (Wildman–Crippen LogP) is 3.38. The molecule has 0 aliphatic heterocycles. The van der Waals surface area contributed by atoms with Crippen LogP contribution in [0.3, 0.4) is 0 Å². The molecule has 1 N–H and O–H groups in total. The van der Waals surface area contributed by atoms with Crippen molar-refractivity contribution in [1.82, 2.24) is 10.1 Å². The molecular formula is C18H29N3O3. The lowest BCUT2D eigenvalue weighted by Gasteiger charge is -2.26. The number of hydrogen-bond donors (Lipinski definition) is 1. The van der Waals surface area contributed by atoms with Crippen LogP contribution >= 0.6 is 0 Å². The van der Waals surface area contributed by atoms with Gasteiger partial charge in [-0.3, -0.25) is 9.59 Å². The van der Waals surface area contributed by atoms with Gasteiger partial charge in [-0.2, -0.15) is 0 Å². The van der Waals surface area contributed by atoms with Gasteiger partial charge in [-0.25, -0.2) is 0 Å². The van der Waals surface area contributed by atoms with Crippen LogP contribution in [0, 0.1) is 18.8 Å². The van der Waals surface area contributed by atoms with Gasteiger partial charge in [0.2, 0.25) is 11.8 Å². The Morgan fingerprint density at radius 1 is 1.42 bits per heavy atom. The van der Waals surface area contributed by atoms with Gasteiger partial charge in [0.15, 0.2) is 5.82 Å². The average molecular weight is 335 g/mol. The maximum atomic E-state index is 12.8. The minimum Gasteiger partial charge on any atom is -0.360 e. The molecule has 2 amide bonds. The zero-order valence-electron chi connectivity index (χ0n) is 15.0. The Morgan fingerprint density at radius 3 is 2.71 bits per heavy atom. The fourth-order valence-electron chi connectivity index (χ4n) is 2.84. The standard InChI is InChI=1S/C18H29N3O3/c1-4-6-7-15(5-2)18(23)21(11-14-8-9-14)12-17(22)19-16-10-13(3)24-20-16/h10,14-15H,4-9,11-12H2,1-3H3,(H,19,20,22)/t15-/m1/s1. The second-order valence-electron chi connectivity index (χ2n) is 6.78. The van der Waals surface area contributed by atoms with Crippen LogP contribution in [0.4, 0.5) is 5.82 Å². The molecule has 6 nitrogen and oxygen atoms in total. The van der Waals surface area contributed by atoms with Crippen LogP contribution in [0.25, 0.3) is 0 Å². The van der Waals surface area contributed by atoms with Crippen LogP contribution in [0.2, 0.25) is 0 Å². The normalized spacial score (nSPS) is 15.1. The van der Waals surface area contributed by atoms with Crippen LogP contribution in [0.15, 0.2) is 10.6 Å². The van der Waals surface area contributed by atoms with E-state index in [1.165, 1.54) is 0 Å². The lowest BCUT2D eigenvalue weighted by molar-refractivity contribution is -0.139. The van der Waals surface area contributed by atoms with Crippen LogP contribution < -0.4 is 5.32 Å². The first-order valence-corrected chi connectivity index (χ1v) is 9.05. The summed E-state index contributed by atoms with van der Waals surface area (Å²) in [6.45, 7) is 6.72. The topological polar surface area (TPSA) is 75.4 Å². The third kappa shape index (κ3) is 5.65. The first kappa shape index (κ1) is 18.5. The van der Waals surface area contributed by atoms with Crippen LogP contribution in [-0.2, 0) is 9.59 Å². The molecular weight excluding hydrogens is 306 g/mol. The number of carbonyl (C=O) groups is 2. The summed E-state index contributed by atoms with van der Waals surface area (Å²) >= 11 is 0. The van der Waals surface area contributed by atoms with E-state index in [4.69, 9.17) is 4.52 Å². The number of aryl methyl sites for hydroxylation is 1. The van der Waals surface area contributed by atoms with Gasteiger partial charge in [0.25, 0.3) is 0 Å². The van der Waals surface area contributed by atoms with Gasteiger partial charge in [0.05, 0.1) is 6.54 Å². The Hall–Kier alpha value is -1.85. The number of unbranched alkanes of at least 4 members (excludes halogenated alkanes) is 1. The van der Waals surface area contributed by atoms with Gasteiger partial charge in [0, 0.05) is 18.5 Å². The third-order valence-electron chi connectivity index (χ3n) is 4.47. The number of nitrogens with one attached hydrogen (secondary N) is 1. The molecule has 1 aliphatic rings. The number of carbonyl (C=O) groups excluding carboxylic acids is 2. The molecule has 6 heteroatoms. The van der Waals surface area contributed by atoms with Crippen molar-refractivity contribution in [3.05, 3.63) is 11.8 Å². The average Bonchev–Trinajstić information content (AvgIpc) is 3.28. The molecule has 2 rings (SSSR count). The van der Waals surface area contributed by atoms with Gasteiger partial charge in [-0.05, 0) is 38.5 Å². The molecule has 1 aromatic rings. The Labute approximate surface area is 143 Å². The second kappa shape index (κ2) is 8.85. The summed E-state index contributed by atoms with van der Waals surface area (Å²) in [5.74, 6) is 1.51. The molecule has 0 aromatic carbocycles. The quantitative estimate of drug-likeness (QED) is 0.711. The van der Waals surface area contributed by atoms with E-state index in [1.54, 1.807) is 17.9 Å². The SMILES string of the molecule is CCCC[C@@H](CC)C(=O)N(CC(=O)Nc1cc(C)on1)CC1CC1. The molecule has 0 spiro atoms. The molecule has 0 radical (unpaired) electrons. The van der Waals surface area contributed by atoms with E-state index in [1.807, 2.05) is 6.92 Å². The molecule has 134 valence electrons. The summed E-state index contributed by atoms with van der Waals surface area (Å²) in [5, 5.41) is 6.47. The molecule has 0 saturated heterocycles. The Balaban J connectivity index is 1.95. The molecule has 0 bridgehead atoms. The molecule has 1 atom stereocenters. The van der Waals surface area contributed by atoms with E-state index in [-0.39, 0.29) is 24.3 Å². The van der Waals surface area contributed by atoms with Crippen molar-refractivity contribution in [2.75, 3.05) is 18.4 Å². The van der Waals surface area contributed by atoms with Crippen molar-refractivity contribution in [3.8, 4) is 0 Å². The highest BCUT2D eigenvalue weighted by molar-refractivity contribution is 5.94. The maximum Gasteiger partial charge on any atom is 0.245 e. The van der Waals surface area contributed by atoms with Crippen LogP contribution in [-0.4, -0.2) is 35.0 Å². The van der Waals surface area contributed by atoms with Crippen molar-refractivity contribution in [3.63, 3.8) is 0 Å². The Kier molecular flexibility index (Phi) is 6.82. The lowest BCUT2D eigenvalue weighted by atomic mass is 9.97. The van der Waals surface area contributed by atoms with E-state index in [2.05, 4.69) is 17.4 Å². The highest BCUT2D eigenvalue weighted by Crippen LogP contribution is 2.30. The molecule has 1 aliphatic carbocycles. The zero-order chi connectivity index (χ0) is 17.5. The molecule has 1 aromatic heterocycles. The Bertz CT molecular complexity index is 551. The highest BCUT2D eigenvalue weighted by atomic mass is 16.5. The molecule has 1 heterocycles. The fourth-order valence-corrected chi connectivity index (χ4v) is 2.84. The molecule has 1 fully saturated rings. The smallest absolute Gasteiger partial charge is 0.245 e. The largest absolute Gasteiger partial charge is 0.360 e. The summed E-state index contributed by atoms with van der Waals surface area (Å²) < 4.78 is 4.95. The number of hydrogen-bond acceptors (Lipinski definition) is 4. The van der Waals surface area contributed by atoms with Crippen LogP contribution in [0.1, 0.15) is 58.1 Å². The van der Waals surface area contributed by atoms with E-state index < -0.39 is 0 Å². The van der Waals surface area contributed by atoms with Gasteiger partial charge in [-0.15, -0.1) is 0 Å².